The van der Waals surface area contributed by atoms with Crippen LogP contribution in [0.4, 0.5) is 0 Å². The lowest BCUT2D eigenvalue weighted by atomic mass is 10.5. The molecule has 1 aliphatic heterocycles. The normalized spacial score (nSPS) is 15.9. The Hall–Kier alpha value is 1.79. The van der Waals surface area contributed by atoms with Crippen LogP contribution < -0.4 is 0 Å². The van der Waals surface area contributed by atoms with Gasteiger partial charge >= 0.3 is 34.7 Å². The zero-order valence-electron chi connectivity index (χ0n) is 46.3. The molecule has 0 saturated carbocycles. The van der Waals surface area contributed by atoms with E-state index in [0.717, 1.165) is 26.2 Å². The molecule has 0 bridgehead atoms. The van der Waals surface area contributed by atoms with Gasteiger partial charge in [0.1, 0.15) is 6.10 Å². The molecule has 1 aliphatic rings. The fourth-order valence-corrected chi connectivity index (χ4v) is 27.9. The van der Waals surface area contributed by atoms with E-state index in [0.29, 0.717) is 51.3 Å². The standard InChI is InChI=1S/C12H30O6Si3.C9H24O4Si2.C9H26O3Si3.C3H10OSi.2C2H8Si.4CH4.H2O/c1-8-16-21(7,17-19(3,4)5)18-20(6,13-2)11-14-9-12-10-15-12;1-7-8-11-9-15(6,10-2)13-12-14(3,4)5;1-9-10-15(8,11-13(2,3)4)12-14(5,6)7;1-3-4-5-2;2*1-3-2;;;;;/h12H,8-11H2,1-7H3;7-9H2,1-6H3;9H2,1-8H3;3,5H2,1-2H3;2*3H2,1-2H3;4*1H4;1H2. The zero-order chi connectivity index (χ0) is 50.0. The lowest BCUT2D eigenvalue weighted by molar-refractivity contribution is -0.148. The van der Waals surface area contributed by atoms with Gasteiger partial charge in [-0.3, -0.25) is 9.15 Å². The Morgan fingerprint density at radius 1 is 0.493 bits per heavy atom. The highest BCUT2D eigenvalue weighted by molar-refractivity contribution is 6.85. The highest BCUT2D eigenvalue weighted by Crippen LogP contribution is 2.24. The smallest absolute Gasteiger partial charge is 0.425 e. The highest BCUT2D eigenvalue weighted by atomic mass is 28.5. The van der Waals surface area contributed by atoms with Crippen LogP contribution in [0.1, 0.15) is 63.8 Å². The molecular weight excluding hydrogens is 1040 g/mol. The number of hydrogen-bond donors (Lipinski definition) is 0. The van der Waals surface area contributed by atoms with E-state index >= 15 is 0 Å². The van der Waals surface area contributed by atoms with Gasteiger partial charge in [0.25, 0.3) is 0 Å². The van der Waals surface area contributed by atoms with Crippen LogP contribution in [0.25, 0.3) is 0 Å². The van der Waals surface area contributed by atoms with Gasteiger partial charge in [0.2, 0.25) is 8.32 Å². The first-order chi connectivity index (χ1) is 28.2. The summed E-state index contributed by atoms with van der Waals surface area (Å²) < 4.78 is 79.4. The molecule has 0 aromatic rings. The molecule has 4 atom stereocenters. The highest BCUT2D eigenvalue weighted by Gasteiger charge is 2.48. The summed E-state index contributed by atoms with van der Waals surface area (Å²) in [5.74, 6) is 0. The maximum atomic E-state index is 6.27. The Kier molecular flexibility index (Phi) is 66.5. The van der Waals surface area contributed by atoms with Gasteiger partial charge in [0.05, 0.1) is 25.7 Å². The van der Waals surface area contributed by atoms with Gasteiger partial charge in [-0.25, -0.2) is 0 Å². The maximum Gasteiger partial charge on any atom is 0.478 e. The molecule has 0 spiro atoms. The Bertz CT molecular complexity index is 991. The largest absolute Gasteiger partial charge is 0.478 e. The molecule has 1 rings (SSSR count). The quantitative estimate of drug-likeness (QED) is 0.0251. The Labute approximate surface area is 435 Å². The predicted molar refractivity (Wildman–Crippen MR) is 322 cm³/mol. The van der Waals surface area contributed by atoms with E-state index in [1.165, 1.54) is 0 Å². The molecule has 4 unspecified atom stereocenters. The first-order valence-corrected chi connectivity index (χ1v) is 53.8. The minimum Gasteiger partial charge on any atom is -0.425 e. The third-order valence-corrected chi connectivity index (χ3v) is 28.0. The summed E-state index contributed by atoms with van der Waals surface area (Å²) in [5, 5.41) is 0. The summed E-state index contributed by atoms with van der Waals surface area (Å²) in [4.78, 5) is 0. The van der Waals surface area contributed by atoms with Crippen molar-refractivity contribution in [2.45, 2.75) is 207 Å². The molecule has 0 aliphatic carbocycles. The van der Waals surface area contributed by atoms with E-state index in [4.69, 9.17) is 62.0 Å². The van der Waals surface area contributed by atoms with Gasteiger partial charge in [-0.15, -0.1) is 0 Å². The second-order valence-electron chi connectivity index (χ2n) is 19.0. The first-order valence-electron chi connectivity index (χ1n) is 23.1. The minimum absolute atomic E-state index is 0. The van der Waals surface area contributed by atoms with Crippen LogP contribution in [0.2, 0.25) is 137 Å². The monoisotopic (exact) mass is 1160 g/mol. The van der Waals surface area contributed by atoms with E-state index in [9.17, 15) is 0 Å². The fraction of sp³-hybridized carbons (Fsp3) is 1.00. The topological polar surface area (TPSA) is 164 Å². The Balaban J connectivity index is -0.0000000799. The molecule has 0 amide bonds. The summed E-state index contributed by atoms with van der Waals surface area (Å²) in [6.07, 6.45) is 2.22. The number of hydrogen-bond acceptors (Lipinski definition) is 14. The molecule has 67 heavy (non-hydrogen) atoms. The van der Waals surface area contributed by atoms with E-state index in [1.807, 2.05) is 47.0 Å². The first kappa shape index (κ1) is 91.5. The Morgan fingerprint density at radius 3 is 1.07 bits per heavy atom. The molecule has 0 radical (unpaired) electrons. The van der Waals surface area contributed by atoms with Crippen molar-refractivity contribution in [3.05, 3.63) is 0 Å². The van der Waals surface area contributed by atoms with Crippen LogP contribution >= 0.6 is 0 Å². The molecule has 422 valence electrons. The van der Waals surface area contributed by atoms with Crippen LogP contribution in [-0.4, -0.2) is 175 Å². The number of epoxide rings is 1. The maximum absolute atomic E-state index is 6.27. The van der Waals surface area contributed by atoms with Crippen molar-refractivity contribution < 1.29 is 67.4 Å². The van der Waals surface area contributed by atoms with Crippen molar-refractivity contribution in [1.29, 1.82) is 0 Å². The summed E-state index contributed by atoms with van der Waals surface area (Å²) in [7, 11) is -12.4. The van der Waals surface area contributed by atoms with Gasteiger partial charge in [-0.1, -0.05) is 69.4 Å². The third kappa shape index (κ3) is 69.9. The SMILES string of the molecule is C.C.C.C.CCCOC[Si](C)(OC)OO[Si](C)(C)C.CCO[SiH2]C.CCO[Si](C)(O[Si](C)(C)C)O[Si](C)(C)C.CCO[Si](C)(O[Si](C)(C)C)O[Si](C)(COCC1CO1)OC.C[SiH2]C.C[SiH2]C.O. The van der Waals surface area contributed by atoms with Crippen LogP contribution in [0.3, 0.4) is 0 Å². The molecule has 26 heteroatoms. The minimum atomic E-state index is -2.72. The van der Waals surface area contributed by atoms with Crippen LogP contribution in [0, 0.1) is 0 Å². The molecule has 0 aromatic carbocycles. The average Bonchev–Trinajstić information content (AvgIpc) is 3.91. The van der Waals surface area contributed by atoms with Gasteiger partial charge in [-0.05, 0) is 119 Å². The van der Waals surface area contributed by atoms with Crippen molar-refractivity contribution >= 4 is 96.8 Å². The summed E-state index contributed by atoms with van der Waals surface area (Å²) in [6, 6.07) is 0. The molecule has 0 aromatic heterocycles. The van der Waals surface area contributed by atoms with E-state index in [-0.39, 0.29) is 51.0 Å². The second kappa shape index (κ2) is 48.7. The summed E-state index contributed by atoms with van der Waals surface area (Å²) in [5.41, 5.74) is 0. The molecule has 1 fully saturated rings. The molecule has 1 heterocycles. The van der Waals surface area contributed by atoms with E-state index < -0.39 is 68.0 Å². The molecular formula is C41H124O15Si11. The van der Waals surface area contributed by atoms with Crippen molar-refractivity contribution in [2.75, 3.05) is 66.3 Å². The zero-order valence-corrected chi connectivity index (χ0v) is 58.5. The van der Waals surface area contributed by atoms with E-state index in [2.05, 4.69) is 118 Å². The fourth-order valence-electron chi connectivity index (χ4n) is 4.35. The third-order valence-electron chi connectivity index (χ3n) is 6.21. The van der Waals surface area contributed by atoms with Gasteiger partial charge in [0.15, 0.2) is 34.7 Å². The lowest BCUT2D eigenvalue weighted by Gasteiger charge is -2.38. The van der Waals surface area contributed by atoms with Crippen molar-refractivity contribution in [3.8, 4) is 0 Å². The van der Waals surface area contributed by atoms with Gasteiger partial charge in [0, 0.05) is 72.8 Å². The predicted octanol–water partition coefficient (Wildman–Crippen LogP) is 10.3. The van der Waals surface area contributed by atoms with E-state index in [1.54, 1.807) is 14.2 Å². The average molecular weight is 1170 g/mol. The van der Waals surface area contributed by atoms with Crippen molar-refractivity contribution in [2.24, 2.45) is 0 Å². The molecule has 1 saturated heterocycles. The lowest BCUT2D eigenvalue weighted by Crippen LogP contribution is -2.59. The van der Waals surface area contributed by atoms with Crippen molar-refractivity contribution in [3.63, 3.8) is 0 Å². The summed E-state index contributed by atoms with van der Waals surface area (Å²) in [6.45, 7) is 57.0. The van der Waals surface area contributed by atoms with Crippen molar-refractivity contribution in [1.82, 2.24) is 0 Å². The van der Waals surface area contributed by atoms with Crippen LogP contribution in [-0.2, 0) is 62.0 Å². The molecule has 15 nitrogen and oxygen atoms in total. The number of rotatable bonds is 27. The van der Waals surface area contributed by atoms with Crippen LogP contribution in [0.15, 0.2) is 0 Å². The summed E-state index contributed by atoms with van der Waals surface area (Å²) >= 11 is 0. The van der Waals surface area contributed by atoms with Crippen LogP contribution in [0.5, 0.6) is 0 Å². The van der Waals surface area contributed by atoms with Gasteiger partial charge in [-0.2, -0.15) is 0 Å². The van der Waals surface area contributed by atoms with Gasteiger partial charge < -0.3 is 58.3 Å². The molecule has 2 N–H and O–H groups in total. The Morgan fingerprint density at radius 2 is 0.836 bits per heavy atom. The second-order valence-corrected chi connectivity index (χ2v) is 53.3. The number of ether oxygens (including phenoxy) is 3.